The van der Waals surface area contributed by atoms with Crippen LogP contribution < -0.4 is 5.32 Å². The van der Waals surface area contributed by atoms with Crippen LogP contribution in [0.25, 0.3) is 0 Å². The number of rotatable bonds is 2. The van der Waals surface area contributed by atoms with Crippen molar-refractivity contribution in [2.24, 2.45) is 0 Å². The smallest absolute Gasteiger partial charge is 0.321 e. The fourth-order valence-electron chi connectivity index (χ4n) is 2.73. The maximum atomic E-state index is 12.4. The number of halogens is 1. The van der Waals surface area contributed by atoms with Crippen molar-refractivity contribution < 1.29 is 9.59 Å². The van der Waals surface area contributed by atoms with E-state index in [0.717, 1.165) is 6.42 Å². The van der Waals surface area contributed by atoms with Crippen LogP contribution in [0.5, 0.6) is 0 Å². The summed E-state index contributed by atoms with van der Waals surface area (Å²) in [6.07, 6.45) is 4.17. The molecular weight excluding hydrogens is 328 g/mol. The highest BCUT2D eigenvalue weighted by molar-refractivity contribution is 6.30. The summed E-state index contributed by atoms with van der Waals surface area (Å²) in [5.41, 5.74) is 1.31. The van der Waals surface area contributed by atoms with E-state index in [0.29, 0.717) is 42.5 Å². The molecule has 6 nitrogen and oxygen atoms in total. The Kier molecular flexibility index (Phi) is 5.05. The number of aromatic nitrogens is 1. The molecule has 3 rings (SSSR count). The lowest BCUT2D eigenvalue weighted by Gasteiger charge is -2.22. The molecule has 0 saturated carbocycles. The van der Waals surface area contributed by atoms with Crippen molar-refractivity contribution in [1.82, 2.24) is 14.8 Å². The molecule has 7 heteroatoms. The quantitative estimate of drug-likeness (QED) is 0.877. The highest BCUT2D eigenvalue weighted by Gasteiger charge is 2.23. The Labute approximate surface area is 145 Å². The number of hydrogen-bond donors (Lipinski definition) is 2. The Morgan fingerprint density at radius 2 is 1.88 bits per heavy atom. The first-order chi connectivity index (χ1) is 11.6. The molecule has 1 aliphatic rings. The Hall–Kier alpha value is -2.47. The minimum absolute atomic E-state index is 0.00616. The van der Waals surface area contributed by atoms with Gasteiger partial charge in [-0.2, -0.15) is 0 Å². The molecule has 0 aliphatic carbocycles. The van der Waals surface area contributed by atoms with E-state index >= 15 is 0 Å². The van der Waals surface area contributed by atoms with Gasteiger partial charge in [-0.05, 0) is 30.7 Å². The van der Waals surface area contributed by atoms with Gasteiger partial charge in [0.05, 0.1) is 5.56 Å². The van der Waals surface area contributed by atoms with Gasteiger partial charge >= 0.3 is 6.03 Å². The van der Waals surface area contributed by atoms with Crippen LogP contribution in [-0.2, 0) is 0 Å². The highest BCUT2D eigenvalue weighted by Crippen LogP contribution is 2.16. The minimum atomic E-state index is -0.173. The van der Waals surface area contributed by atoms with E-state index < -0.39 is 0 Å². The average molecular weight is 347 g/mol. The Balaban J connectivity index is 1.59. The molecule has 2 heterocycles. The zero-order valence-corrected chi connectivity index (χ0v) is 13.9. The summed E-state index contributed by atoms with van der Waals surface area (Å²) in [5, 5.41) is 3.42. The van der Waals surface area contributed by atoms with E-state index in [9.17, 15) is 9.59 Å². The number of H-pyrrole nitrogens is 1. The standard InChI is InChI=1S/C17H19ClN4O2/c18-14-3-1-4-15(11-14)20-17(24)22-8-2-7-21(9-10-22)16(23)13-5-6-19-12-13/h1,3-6,11-12,19H,2,7-10H2,(H,20,24). The summed E-state index contributed by atoms with van der Waals surface area (Å²) in [6.45, 7) is 2.28. The Bertz CT molecular complexity index is 717. The van der Waals surface area contributed by atoms with Crippen molar-refractivity contribution >= 4 is 29.2 Å². The van der Waals surface area contributed by atoms with Gasteiger partial charge in [-0.1, -0.05) is 17.7 Å². The fraction of sp³-hybridized carbons (Fsp3) is 0.294. The van der Waals surface area contributed by atoms with E-state index in [4.69, 9.17) is 11.6 Å². The first-order valence-electron chi connectivity index (χ1n) is 7.87. The van der Waals surface area contributed by atoms with Gasteiger partial charge in [0.15, 0.2) is 0 Å². The molecule has 2 N–H and O–H groups in total. The lowest BCUT2D eigenvalue weighted by Crippen LogP contribution is -2.39. The van der Waals surface area contributed by atoms with Crippen LogP contribution in [0.15, 0.2) is 42.7 Å². The molecule has 1 aromatic carbocycles. The van der Waals surface area contributed by atoms with E-state index in [-0.39, 0.29) is 11.9 Å². The van der Waals surface area contributed by atoms with Crippen molar-refractivity contribution in [3.63, 3.8) is 0 Å². The van der Waals surface area contributed by atoms with Gasteiger partial charge in [-0.15, -0.1) is 0 Å². The van der Waals surface area contributed by atoms with Crippen molar-refractivity contribution in [2.45, 2.75) is 6.42 Å². The van der Waals surface area contributed by atoms with Crippen LogP contribution >= 0.6 is 11.6 Å². The zero-order chi connectivity index (χ0) is 16.9. The normalized spacial score (nSPS) is 15.0. The van der Waals surface area contributed by atoms with Gasteiger partial charge in [0.1, 0.15) is 0 Å². The molecule has 1 saturated heterocycles. The second kappa shape index (κ2) is 7.40. The maximum Gasteiger partial charge on any atom is 0.321 e. The number of anilines is 1. The number of aromatic amines is 1. The summed E-state index contributed by atoms with van der Waals surface area (Å²) < 4.78 is 0. The summed E-state index contributed by atoms with van der Waals surface area (Å²) in [6, 6.07) is 8.64. The molecular formula is C17H19ClN4O2. The second-order valence-corrected chi connectivity index (χ2v) is 6.11. The van der Waals surface area contributed by atoms with Crippen molar-refractivity contribution in [3.8, 4) is 0 Å². The number of carbonyl (C=O) groups excluding carboxylic acids is 2. The zero-order valence-electron chi connectivity index (χ0n) is 13.2. The third kappa shape index (κ3) is 3.89. The number of amides is 3. The lowest BCUT2D eigenvalue weighted by atomic mass is 10.3. The van der Waals surface area contributed by atoms with Crippen LogP contribution in [0.3, 0.4) is 0 Å². The van der Waals surface area contributed by atoms with Crippen LogP contribution in [0.4, 0.5) is 10.5 Å². The predicted octanol–water partition coefficient (Wildman–Crippen LogP) is 3.05. The van der Waals surface area contributed by atoms with E-state index in [1.807, 2.05) is 0 Å². The number of hydrogen-bond acceptors (Lipinski definition) is 2. The third-order valence-electron chi connectivity index (χ3n) is 3.99. The molecule has 0 unspecified atom stereocenters. The molecule has 0 atom stereocenters. The minimum Gasteiger partial charge on any atom is -0.367 e. The molecule has 1 aliphatic heterocycles. The Morgan fingerprint density at radius 1 is 1.08 bits per heavy atom. The average Bonchev–Trinajstić information content (AvgIpc) is 2.98. The van der Waals surface area contributed by atoms with Gasteiger partial charge in [-0.3, -0.25) is 4.79 Å². The largest absolute Gasteiger partial charge is 0.367 e. The molecule has 0 radical (unpaired) electrons. The van der Waals surface area contributed by atoms with Crippen LogP contribution in [0.2, 0.25) is 5.02 Å². The highest BCUT2D eigenvalue weighted by atomic mass is 35.5. The molecule has 0 bridgehead atoms. The van der Waals surface area contributed by atoms with E-state index in [1.165, 1.54) is 0 Å². The molecule has 126 valence electrons. The number of carbonyl (C=O) groups is 2. The van der Waals surface area contributed by atoms with Crippen molar-refractivity contribution in [1.29, 1.82) is 0 Å². The van der Waals surface area contributed by atoms with Crippen molar-refractivity contribution in [3.05, 3.63) is 53.3 Å². The van der Waals surface area contributed by atoms with Gasteiger partial charge in [0, 0.05) is 49.3 Å². The Morgan fingerprint density at radius 3 is 2.62 bits per heavy atom. The maximum absolute atomic E-state index is 12.4. The predicted molar refractivity (Wildman–Crippen MR) is 93.4 cm³/mol. The molecule has 0 spiro atoms. The molecule has 24 heavy (non-hydrogen) atoms. The summed E-state index contributed by atoms with van der Waals surface area (Å²) >= 11 is 5.93. The van der Waals surface area contributed by atoms with E-state index in [1.54, 1.807) is 52.5 Å². The third-order valence-corrected chi connectivity index (χ3v) is 4.23. The van der Waals surface area contributed by atoms with Crippen LogP contribution in [0.1, 0.15) is 16.8 Å². The molecule has 1 aromatic heterocycles. The summed E-state index contributed by atoms with van der Waals surface area (Å²) in [4.78, 5) is 31.2. The fourth-order valence-corrected chi connectivity index (χ4v) is 2.92. The number of benzene rings is 1. The topological polar surface area (TPSA) is 68.4 Å². The number of urea groups is 1. The monoisotopic (exact) mass is 346 g/mol. The molecule has 2 aromatic rings. The first-order valence-corrected chi connectivity index (χ1v) is 8.25. The van der Waals surface area contributed by atoms with Crippen LogP contribution in [0, 0.1) is 0 Å². The second-order valence-electron chi connectivity index (χ2n) is 5.67. The number of nitrogens with zero attached hydrogens (tertiary/aromatic N) is 2. The SMILES string of the molecule is O=C(Nc1cccc(Cl)c1)N1CCCN(C(=O)c2cc[nH]c2)CC1. The van der Waals surface area contributed by atoms with Gasteiger partial charge in [-0.25, -0.2) is 4.79 Å². The number of nitrogens with one attached hydrogen (secondary N) is 2. The van der Waals surface area contributed by atoms with E-state index in [2.05, 4.69) is 10.3 Å². The first kappa shape index (κ1) is 16.4. The lowest BCUT2D eigenvalue weighted by molar-refractivity contribution is 0.0763. The molecule has 1 fully saturated rings. The van der Waals surface area contributed by atoms with Gasteiger partial charge in [0.2, 0.25) is 0 Å². The van der Waals surface area contributed by atoms with Gasteiger partial charge < -0.3 is 20.1 Å². The summed E-state index contributed by atoms with van der Waals surface area (Å²) in [7, 11) is 0. The van der Waals surface area contributed by atoms with Crippen molar-refractivity contribution in [2.75, 3.05) is 31.5 Å². The molecule has 3 amide bonds. The summed E-state index contributed by atoms with van der Waals surface area (Å²) in [5.74, 6) is -0.00616. The van der Waals surface area contributed by atoms with Gasteiger partial charge in [0.25, 0.3) is 5.91 Å². The van der Waals surface area contributed by atoms with Crippen LogP contribution in [-0.4, -0.2) is 52.9 Å².